The maximum absolute atomic E-state index is 13.5. The number of hydrogen-bond donors (Lipinski definition) is 2. The first-order valence-corrected chi connectivity index (χ1v) is 12.8. The quantitative estimate of drug-likeness (QED) is 0.472. The number of likely N-dealkylation sites (N-methyl/N-ethyl adjacent to an activating group) is 1. The van der Waals surface area contributed by atoms with E-state index in [-0.39, 0.29) is 24.4 Å². The van der Waals surface area contributed by atoms with Crippen molar-refractivity contribution in [2.75, 3.05) is 32.0 Å². The largest absolute Gasteiger partial charge is 0.478 e. The molecule has 2 aromatic carbocycles. The fourth-order valence-corrected chi connectivity index (χ4v) is 5.56. The Labute approximate surface area is 216 Å². The Hall–Kier alpha value is -2.54. The number of amides is 1. The number of carbonyl (C=O) groups is 2. The summed E-state index contributed by atoms with van der Waals surface area (Å²) >= 11 is 12.2. The van der Waals surface area contributed by atoms with Crippen molar-refractivity contribution in [2.24, 2.45) is 0 Å². The van der Waals surface area contributed by atoms with Crippen molar-refractivity contribution in [3.8, 4) is 0 Å². The lowest BCUT2D eigenvalue weighted by molar-refractivity contribution is -0.133. The van der Waals surface area contributed by atoms with Gasteiger partial charge in [-0.2, -0.15) is 0 Å². The predicted molar refractivity (Wildman–Crippen MR) is 140 cm³/mol. The van der Waals surface area contributed by atoms with E-state index < -0.39 is 5.97 Å². The first kappa shape index (κ1) is 25.5. The van der Waals surface area contributed by atoms with Crippen LogP contribution in [0.3, 0.4) is 0 Å². The summed E-state index contributed by atoms with van der Waals surface area (Å²) in [7, 11) is 1.90. The number of aliphatic carboxylic acids is 1. The molecule has 4 rings (SSSR count). The molecule has 1 amide bonds. The molecule has 8 heteroatoms. The van der Waals surface area contributed by atoms with Crippen LogP contribution in [0.4, 0.5) is 5.69 Å². The third kappa shape index (κ3) is 6.18. The Kier molecular flexibility index (Phi) is 8.37. The second-order valence-corrected chi connectivity index (χ2v) is 10.1. The molecule has 6 nitrogen and oxygen atoms in total. The van der Waals surface area contributed by atoms with Crippen LogP contribution in [0.15, 0.2) is 48.6 Å². The van der Waals surface area contributed by atoms with Gasteiger partial charge in [-0.3, -0.25) is 9.69 Å². The number of likely N-dealkylation sites (tertiary alicyclic amines) is 1. The van der Waals surface area contributed by atoms with Crippen LogP contribution in [0.5, 0.6) is 0 Å². The molecule has 1 aliphatic carbocycles. The molecule has 2 N–H and O–H groups in total. The lowest BCUT2D eigenvalue weighted by atomic mass is 9.82. The monoisotopic (exact) mass is 515 g/mol. The predicted octanol–water partition coefficient (Wildman–Crippen LogP) is 5.20. The Morgan fingerprint density at radius 2 is 1.91 bits per heavy atom. The third-order valence-corrected chi connectivity index (χ3v) is 7.72. The number of fused-ring (bicyclic) bond motifs is 1. The Morgan fingerprint density at radius 1 is 1.14 bits per heavy atom. The van der Waals surface area contributed by atoms with Crippen LogP contribution in [0.1, 0.15) is 42.0 Å². The van der Waals surface area contributed by atoms with Crippen molar-refractivity contribution >= 4 is 40.8 Å². The molecule has 2 aliphatic rings. The van der Waals surface area contributed by atoms with E-state index >= 15 is 0 Å². The zero-order valence-electron chi connectivity index (χ0n) is 19.8. The number of carbonyl (C=O) groups excluding carboxylic acids is 1. The Bertz CT molecular complexity index is 1110. The number of halogens is 2. The fourth-order valence-electron chi connectivity index (χ4n) is 5.24. The molecule has 35 heavy (non-hydrogen) atoms. The molecule has 186 valence electrons. The topological polar surface area (TPSA) is 72.9 Å². The summed E-state index contributed by atoms with van der Waals surface area (Å²) in [6.45, 7) is 2.53. The minimum Gasteiger partial charge on any atom is -0.478 e. The van der Waals surface area contributed by atoms with E-state index in [0.29, 0.717) is 16.6 Å². The smallest absolute Gasteiger partial charge is 0.328 e. The number of aryl methyl sites for hydroxylation is 1. The van der Waals surface area contributed by atoms with Gasteiger partial charge in [-0.1, -0.05) is 41.4 Å². The van der Waals surface area contributed by atoms with Crippen LogP contribution in [-0.4, -0.2) is 59.5 Å². The number of benzene rings is 2. The standard InChI is InChI=1S/C27H31Cl2N3O3/c1-31(25(33)16-18-6-10-22(28)23(29)15-18)27-21-17-20(30-12-4-5-26(34)35)9-7-19(21)8-11-24(27)32-13-2-3-14-32/h4-7,9-10,15,17,24,27,30H,2-3,8,11-14,16H2,1H3,(H,34,35)/b5-4-/t24-,27-/m0/s1. The van der Waals surface area contributed by atoms with Crippen molar-refractivity contribution in [2.45, 2.75) is 44.2 Å². The molecule has 1 fully saturated rings. The normalized spacial score (nSPS) is 20.1. The van der Waals surface area contributed by atoms with E-state index in [1.54, 1.807) is 18.2 Å². The Balaban J connectivity index is 1.60. The van der Waals surface area contributed by atoms with Gasteiger partial charge in [0.25, 0.3) is 0 Å². The second-order valence-electron chi connectivity index (χ2n) is 9.26. The van der Waals surface area contributed by atoms with Crippen LogP contribution in [0.2, 0.25) is 10.0 Å². The summed E-state index contributed by atoms with van der Waals surface area (Å²) in [5.41, 5.74) is 4.17. The van der Waals surface area contributed by atoms with Crippen LogP contribution in [-0.2, 0) is 22.4 Å². The molecule has 1 aliphatic heterocycles. The summed E-state index contributed by atoms with van der Waals surface area (Å²) in [5.74, 6) is -0.930. The molecule has 1 saturated heterocycles. The van der Waals surface area contributed by atoms with Crippen LogP contribution in [0.25, 0.3) is 0 Å². The molecular formula is C27H31Cl2N3O3. The van der Waals surface area contributed by atoms with E-state index in [1.807, 2.05) is 24.1 Å². The second kappa shape index (κ2) is 11.5. The van der Waals surface area contributed by atoms with Crippen molar-refractivity contribution in [1.29, 1.82) is 0 Å². The molecule has 0 spiro atoms. The number of carboxylic acids is 1. The van der Waals surface area contributed by atoms with Gasteiger partial charge in [-0.25, -0.2) is 4.79 Å². The van der Waals surface area contributed by atoms with Crippen molar-refractivity contribution in [3.63, 3.8) is 0 Å². The molecule has 2 atom stereocenters. The van der Waals surface area contributed by atoms with Gasteiger partial charge >= 0.3 is 5.97 Å². The first-order chi connectivity index (χ1) is 16.8. The lowest BCUT2D eigenvalue weighted by Gasteiger charge is -2.43. The molecule has 0 unspecified atom stereocenters. The van der Waals surface area contributed by atoms with Gasteiger partial charge in [-0.15, -0.1) is 0 Å². The van der Waals surface area contributed by atoms with Crippen LogP contribution in [0, 0.1) is 0 Å². The van der Waals surface area contributed by atoms with Gasteiger partial charge < -0.3 is 15.3 Å². The van der Waals surface area contributed by atoms with Crippen molar-refractivity contribution < 1.29 is 14.7 Å². The lowest BCUT2D eigenvalue weighted by Crippen LogP contribution is -2.48. The van der Waals surface area contributed by atoms with Crippen molar-refractivity contribution in [3.05, 3.63) is 75.3 Å². The third-order valence-electron chi connectivity index (χ3n) is 6.98. The van der Waals surface area contributed by atoms with Gasteiger partial charge in [0, 0.05) is 31.4 Å². The maximum Gasteiger partial charge on any atom is 0.328 e. The SMILES string of the molecule is CN(C(=O)Cc1ccc(Cl)c(Cl)c1)[C@H]1c2cc(NC/C=C\C(=O)O)ccc2CC[C@@H]1N1CCCC1. The van der Waals surface area contributed by atoms with Gasteiger partial charge in [-0.05, 0) is 79.7 Å². The highest BCUT2D eigenvalue weighted by atomic mass is 35.5. The van der Waals surface area contributed by atoms with Gasteiger partial charge in [0.15, 0.2) is 0 Å². The van der Waals surface area contributed by atoms with Crippen LogP contribution >= 0.6 is 23.2 Å². The van der Waals surface area contributed by atoms with E-state index in [1.165, 1.54) is 18.4 Å². The first-order valence-electron chi connectivity index (χ1n) is 12.0. The van der Waals surface area contributed by atoms with Crippen molar-refractivity contribution in [1.82, 2.24) is 9.80 Å². The number of anilines is 1. The summed E-state index contributed by atoms with van der Waals surface area (Å²) in [5, 5.41) is 13.0. The minimum absolute atomic E-state index is 0.0354. The molecule has 0 aromatic heterocycles. The highest BCUT2D eigenvalue weighted by Crippen LogP contribution is 2.39. The summed E-state index contributed by atoms with van der Waals surface area (Å²) in [6, 6.07) is 11.8. The zero-order valence-corrected chi connectivity index (χ0v) is 21.4. The molecule has 0 bridgehead atoms. The van der Waals surface area contributed by atoms with E-state index in [2.05, 4.69) is 22.3 Å². The number of hydrogen-bond acceptors (Lipinski definition) is 4. The van der Waals surface area contributed by atoms with E-state index in [0.717, 1.165) is 48.8 Å². The number of nitrogens with zero attached hydrogens (tertiary/aromatic N) is 2. The van der Waals surface area contributed by atoms with Gasteiger partial charge in [0.2, 0.25) is 5.91 Å². The number of carboxylic acid groups (broad SMARTS) is 1. The molecular weight excluding hydrogens is 485 g/mol. The highest BCUT2D eigenvalue weighted by molar-refractivity contribution is 6.42. The molecule has 1 heterocycles. The number of rotatable bonds is 8. The van der Waals surface area contributed by atoms with E-state index in [4.69, 9.17) is 28.3 Å². The molecule has 0 radical (unpaired) electrons. The minimum atomic E-state index is -0.965. The van der Waals surface area contributed by atoms with Crippen LogP contribution < -0.4 is 5.32 Å². The van der Waals surface area contributed by atoms with Gasteiger partial charge in [0.1, 0.15) is 0 Å². The number of nitrogens with one attached hydrogen (secondary N) is 1. The summed E-state index contributed by atoms with van der Waals surface area (Å²) in [6.07, 6.45) is 7.33. The average molecular weight is 516 g/mol. The van der Waals surface area contributed by atoms with E-state index in [9.17, 15) is 9.59 Å². The summed E-state index contributed by atoms with van der Waals surface area (Å²) in [4.78, 5) is 28.7. The fraction of sp³-hybridized carbons (Fsp3) is 0.407. The van der Waals surface area contributed by atoms with Gasteiger partial charge in [0.05, 0.1) is 22.5 Å². The maximum atomic E-state index is 13.5. The zero-order chi connectivity index (χ0) is 24.9. The average Bonchev–Trinajstić information content (AvgIpc) is 3.37. The highest BCUT2D eigenvalue weighted by Gasteiger charge is 2.38. The summed E-state index contributed by atoms with van der Waals surface area (Å²) < 4.78 is 0. The molecule has 0 saturated carbocycles. The molecule has 2 aromatic rings. The Morgan fingerprint density at radius 3 is 2.63 bits per heavy atom.